The van der Waals surface area contributed by atoms with Gasteiger partial charge in [-0.05, 0) is 31.2 Å². The van der Waals surface area contributed by atoms with Crippen LogP contribution in [-0.2, 0) is 6.18 Å². The Balaban J connectivity index is 2.01. The molecule has 0 saturated carbocycles. The van der Waals surface area contributed by atoms with Crippen LogP contribution in [0, 0.1) is 0 Å². The monoisotopic (exact) mass is 310 g/mol. The van der Waals surface area contributed by atoms with Crippen molar-refractivity contribution in [2.24, 2.45) is 0 Å². The maximum Gasteiger partial charge on any atom is 0.433 e. The number of rotatable bonds is 3. The molecule has 0 saturated heterocycles. The van der Waals surface area contributed by atoms with Crippen LogP contribution in [0.3, 0.4) is 0 Å². The molecule has 2 aromatic heterocycles. The topological polar surface area (TPSA) is 66.9 Å². The van der Waals surface area contributed by atoms with Crippen molar-refractivity contribution in [3.63, 3.8) is 0 Å². The maximum atomic E-state index is 12.5. The predicted octanol–water partition coefficient (Wildman–Crippen LogP) is 3.38. The van der Waals surface area contributed by atoms with E-state index in [9.17, 15) is 18.0 Å². The molecule has 0 aliphatic rings. The fourth-order valence-electron chi connectivity index (χ4n) is 1.72. The van der Waals surface area contributed by atoms with Gasteiger partial charge in [0.2, 0.25) is 0 Å². The average molecular weight is 310 g/mol. The lowest BCUT2D eigenvalue weighted by Crippen LogP contribution is -2.32. The second kappa shape index (κ2) is 6.42. The Labute approximate surface area is 124 Å². The summed E-state index contributed by atoms with van der Waals surface area (Å²) in [5, 5.41) is 4.84. The van der Waals surface area contributed by atoms with Crippen LogP contribution in [0.1, 0.15) is 24.4 Å². The molecule has 0 spiro atoms. The molecular formula is C14H13F3N4O. The van der Waals surface area contributed by atoms with E-state index in [0.29, 0.717) is 5.69 Å². The van der Waals surface area contributed by atoms with Gasteiger partial charge >= 0.3 is 12.2 Å². The van der Waals surface area contributed by atoms with Crippen molar-refractivity contribution in [2.75, 3.05) is 5.32 Å². The number of carbonyl (C=O) groups is 1. The number of aromatic nitrogens is 2. The number of pyridine rings is 2. The fourth-order valence-corrected chi connectivity index (χ4v) is 1.72. The summed E-state index contributed by atoms with van der Waals surface area (Å²) in [4.78, 5) is 19.2. The molecule has 0 bridgehead atoms. The molecule has 0 aliphatic heterocycles. The highest BCUT2D eigenvalue weighted by molar-refractivity contribution is 5.88. The second-order valence-electron chi connectivity index (χ2n) is 4.48. The minimum Gasteiger partial charge on any atom is -0.330 e. The van der Waals surface area contributed by atoms with E-state index in [4.69, 9.17) is 0 Å². The molecule has 2 N–H and O–H groups in total. The largest absolute Gasteiger partial charge is 0.433 e. The molecule has 2 heterocycles. The van der Waals surface area contributed by atoms with E-state index in [1.165, 1.54) is 12.1 Å². The van der Waals surface area contributed by atoms with Crippen LogP contribution in [0.5, 0.6) is 0 Å². The summed E-state index contributed by atoms with van der Waals surface area (Å²) in [5.74, 6) is -0.180. The number of halogens is 3. The van der Waals surface area contributed by atoms with Crippen LogP contribution < -0.4 is 10.6 Å². The Morgan fingerprint density at radius 1 is 1.18 bits per heavy atom. The van der Waals surface area contributed by atoms with Gasteiger partial charge in [-0.15, -0.1) is 0 Å². The van der Waals surface area contributed by atoms with E-state index in [1.54, 1.807) is 31.3 Å². The lowest BCUT2D eigenvalue weighted by molar-refractivity contribution is -0.141. The van der Waals surface area contributed by atoms with Crippen LogP contribution in [0.25, 0.3) is 0 Å². The zero-order valence-corrected chi connectivity index (χ0v) is 11.6. The number of alkyl halides is 3. The SMILES string of the molecule is C[C@H](NC(=O)Nc1cccc(C(F)(F)F)n1)c1ccccn1. The number of nitrogens with one attached hydrogen (secondary N) is 2. The number of hydrogen-bond donors (Lipinski definition) is 2. The van der Waals surface area contributed by atoms with Crippen LogP contribution in [0.4, 0.5) is 23.8 Å². The first kappa shape index (κ1) is 15.7. The lowest BCUT2D eigenvalue weighted by atomic mass is 10.2. The van der Waals surface area contributed by atoms with Crippen LogP contribution in [0.15, 0.2) is 42.6 Å². The predicted molar refractivity (Wildman–Crippen MR) is 74.0 cm³/mol. The van der Waals surface area contributed by atoms with Gasteiger partial charge in [-0.3, -0.25) is 10.3 Å². The third-order valence-electron chi connectivity index (χ3n) is 2.76. The Bertz CT molecular complexity index is 646. The zero-order chi connectivity index (χ0) is 16.2. The fraction of sp³-hybridized carbons (Fsp3) is 0.214. The first-order valence-electron chi connectivity index (χ1n) is 6.39. The lowest BCUT2D eigenvalue weighted by Gasteiger charge is -2.14. The first-order valence-corrected chi connectivity index (χ1v) is 6.39. The summed E-state index contributed by atoms with van der Waals surface area (Å²) in [6.45, 7) is 1.71. The van der Waals surface area contributed by atoms with E-state index in [2.05, 4.69) is 20.6 Å². The number of anilines is 1. The van der Waals surface area contributed by atoms with Gasteiger partial charge in [0, 0.05) is 6.20 Å². The van der Waals surface area contributed by atoms with Crippen molar-refractivity contribution in [1.82, 2.24) is 15.3 Å². The highest BCUT2D eigenvalue weighted by Crippen LogP contribution is 2.28. The molecule has 0 radical (unpaired) electrons. The maximum absolute atomic E-state index is 12.5. The molecule has 2 aromatic rings. The Morgan fingerprint density at radius 3 is 2.59 bits per heavy atom. The van der Waals surface area contributed by atoms with Crippen molar-refractivity contribution in [2.45, 2.75) is 19.1 Å². The summed E-state index contributed by atoms with van der Waals surface area (Å²) in [5.41, 5.74) is -0.433. The van der Waals surface area contributed by atoms with Crippen molar-refractivity contribution >= 4 is 11.8 Å². The Hall–Kier alpha value is -2.64. The van der Waals surface area contributed by atoms with Crippen LogP contribution >= 0.6 is 0 Å². The number of nitrogens with zero attached hydrogens (tertiary/aromatic N) is 2. The van der Waals surface area contributed by atoms with Gasteiger partial charge in [-0.2, -0.15) is 13.2 Å². The first-order chi connectivity index (χ1) is 10.4. The molecule has 0 aromatic carbocycles. The molecule has 2 rings (SSSR count). The minimum atomic E-state index is -4.56. The molecule has 0 unspecified atom stereocenters. The second-order valence-corrected chi connectivity index (χ2v) is 4.48. The number of amides is 2. The zero-order valence-electron chi connectivity index (χ0n) is 11.6. The van der Waals surface area contributed by atoms with E-state index >= 15 is 0 Å². The number of hydrogen-bond acceptors (Lipinski definition) is 3. The van der Waals surface area contributed by atoms with Gasteiger partial charge < -0.3 is 5.32 Å². The van der Waals surface area contributed by atoms with E-state index in [-0.39, 0.29) is 5.82 Å². The summed E-state index contributed by atoms with van der Waals surface area (Å²) < 4.78 is 37.6. The van der Waals surface area contributed by atoms with Crippen LogP contribution in [-0.4, -0.2) is 16.0 Å². The molecule has 0 fully saturated rings. The molecule has 0 aliphatic carbocycles. The molecule has 116 valence electrons. The quantitative estimate of drug-likeness (QED) is 0.913. The van der Waals surface area contributed by atoms with Gasteiger partial charge in [0.05, 0.1) is 11.7 Å². The molecule has 2 amide bonds. The molecule has 1 atom stereocenters. The van der Waals surface area contributed by atoms with E-state index in [0.717, 1.165) is 6.07 Å². The van der Waals surface area contributed by atoms with Crippen molar-refractivity contribution in [3.8, 4) is 0 Å². The summed E-state index contributed by atoms with van der Waals surface area (Å²) in [7, 11) is 0. The summed E-state index contributed by atoms with van der Waals surface area (Å²) in [6, 6.07) is 7.47. The van der Waals surface area contributed by atoms with Crippen molar-refractivity contribution in [1.29, 1.82) is 0 Å². The Morgan fingerprint density at radius 2 is 1.95 bits per heavy atom. The molecular weight excluding hydrogens is 297 g/mol. The highest BCUT2D eigenvalue weighted by atomic mass is 19.4. The summed E-state index contributed by atoms with van der Waals surface area (Å²) >= 11 is 0. The van der Waals surface area contributed by atoms with Gasteiger partial charge in [0.15, 0.2) is 0 Å². The Kier molecular flexibility index (Phi) is 4.59. The van der Waals surface area contributed by atoms with Gasteiger partial charge in [0.25, 0.3) is 0 Å². The molecule has 22 heavy (non-hydrogen) atoms. The van der Waals surface area contributed by atoms with E-state index < -0.39 is 23.9 Å². The number of urea groups is 1. The third kappa shape index (κ3) is 4.18. The van der Waals surface area contributed by atoms with Gasteiger partial charge in [-0.25, -0.2) is 9.78 Å². The van der Waals surface area contributed by atoms with Crippen molar-refractivity contribution < 1.29 is 18.0 Å². The number of carbonyl (C=O) groups excluding carboxylic acids is 1. The van der Waals surface area contributed by atoms with Gasteiger partial charge in [0.1, 0.15) is 11.5 Å². The minimum absolute atomic E-state index is 0.180. The highest BCUT2D eigenvalue weighted by Gasteiger charge is 2.32. The molecule has 5 nitrogen and oxygen atoms in total. The smallest absolute Gasteiger partial charge is 0.330 e. The normalized spacial score (nSPS) is 12.5. The van der Waals surface area contributed by atoms with E-state index in [1.807, 2.05) is 0 Å². The average Bonchev–Trinajstić information content (AvgIpc) is 2.47. The molecule has 8 heteroatoms. The summed E-state index contributed by atoms with van der Waals surface area (Å²) in [6.07, 6.45) is -2.98. The van der Waals surface area contributed by atoms with Gasteiger partial charge in [-0.1, -0.05) is 12.1 Å². The third-order valence-corrected chi connectivity index (χ3v) is 2.76. The van der Waals surface area contributed by atoms with Crippen LogP contribution in [0.2, 0.25) is 0 Å². The standard InChI is InChI=1S/C14H13F3N4O/c1-9(10-5-2-3-8-18-10)19-13(22)21-12-7-4-6-11(20-12)14(15,16)17/h2-9H,1H3,(H2,19,20,21,22)/t9-/m0/s1. The van der Waals surface area contributed by atoms with Crippen molar-refractivity contribution in [3.05, 3.63) is 54.0 Å².